The number of nitrogens with zero attached hydrogens (tertiary/aromatic N) is 4. The summed E-state index contributed by atoms with van der Waals surface area (Å²) in [6.45, 7) is 7.73. The van der Waals surface area contributed by atoms with Gasteiger partial charge in [-0.2, -0.15) is 0 Å². The maximum absolute atomic E-state index is 12.7. The van der Waals surface area contributed by atoms with Crippen LogP contribution in [0.2, 0.25) is 0 Å². The standard InChI is InChI=1S/C21H33N5O/c1-17-16-22-9-6-20(17)25-12-14-26(15-13-25)21(27)23-18-7-10-24(11-8-18)19-4-2-3-5-19/h6,9,16,18-19H,2-5,7-8,10-15H2,1H3,(H,23,27). The molecule has 1 aromatic rings. The number of hydrogen-bond donors (Lipinski definition) is 1. The second kappa shape index (κ2) is 8.46. The molecule has 0 bridgehead atoms. The van der Waals surface area contributed by atoms with Gasteiger partial charge in [-0.15, -0.1) is 0 Å². The van der Waals surface area contributed by atoms with E-state index < -0.39 is 0 Å². The first kappa shape index (κ1) is 18.5. The van der Waals surface area contributed by atoms with Gasteiger partial charge in [0.25, 0.3) is 0 Å². The molecule has 6 nitrogen and oxygen atoms in total. The Balaban J connectivity index is 1.21. The van der Waals surface area contributed by atoms with Crippen LogP contribution in [0.4, 0.5) is 10.5 Å². The lowest BCUT2D eigenvalue weighted by Crippen LogP contribution is -2.55. The van der Waals surface area contributed by atoms with E-state index in [9.17, 15) is 4.79 Å². The number of rotatable bonds is 3. The molecule has 1 aliphatic carbocycles. The molecule has 27 heavy (non-hydrogen) atoms. The molecule has 3 fully saturated rings. The zero-order valence-corrected chi connectivity index (χ0v) is 16.6. The van der Waals surface area contributed by atoms with Crippen LogP contribution in [0.15, 0.2) is 18.5 Å². The molecule has 148 valence electrons. The molecule has 0 aromatic carbocycles. The van der Waals surface area contributed by atoms with Crippen LogP contribution in [0, 0.1) is 6.92 Å². The van der Waals surface area contributed by atoms with Crippen molar-refractivity contribution >= 4 is 11.7 Å². The Labute approximate surface area is 162 Å². The maximum Gasteiger partial charge on any atom is 0.317 e. The number of pyridine rings is 1. The molecule has 2 saturated heterocycles. The van der Waals surface area contributed by atoms with E-state index >= 15 is 0 Å². The fourth-order valence-electron chi connectivity index (χ4n) is 4.92. The van der Waals surface area contributed by atoms with Crippen molar-refractivity contribution in [3.05, 3.63) is 24.0 Å². The van der Waals surface area contributed by atoms with Crippen molar-refractivity contribution in [3.63, 3.8) is 0 Å². The Morgan fingerprint density at radius 3 is 2.41 bits per heavy atom. The average Bonchev–Trinajstić information content (AvgIpc) is 3.24. The minimum atomic E-state index is 0.125. The molecule has 0 atom stereocenters. The number of likely N-dealkylation sites (tertiary alicyclic amines) is 1. The van der Waals surface area contributed by atoms with Gasteiger partial charge < -0.3 is 20.0 Å². The molecular formula is C21H33N5O. The van der Waals surface area contributed by atoms with Gasteiger partial charge in [0.2, 0.25) is 0 Å². The number of aromatic nitrogens is 1. The number of hydrogen-bond acceptors (Lipinski definition) is 4. The third kappa shape index (κ3) is 4.37. The van der Waals surface area contributed by atoms with Crippen LogP contribution in [0.25, 0.3) is 0 Å². The number of piperidine rings is 1. The fourth-order valence-corrected chi connectivity index (χ4v) is 4.92. The Kier molecular flexibility index (Phi) is 5.81. The van der Waals surface area contributed by atoms with Gasteiger partial charge in [0.1, 0.15) is 0 Å². The predicted octanol–water partition coefficient (Wildman–Crippen LogP) is 2.63. The number of anilines is 1. The quantitative estimate of drug-likeness (QED) is 0.887. The van der Waals surface area contributed by atoms with Crippen molar-refractivity contribution in [2.24, 2.45) is 0 Å². The third-order valence-corrected chi connectivity index (χ3v) is 6.60. The molecule has 3 heterocycles. The van der Waals surface area contributed by atoms with Gasteiger partial charge >= 0.3 is 6.03 Å². The third-order valence-electron chi connectivity index (χ3n) is 6.60. The normalized spacial score (nSPS) is 23.0. The lowest BCUT2D eigenvalue weighted by Gasteiger charge is -2.39. The van der Waals surface area contributed by atoms with E-state index in [1.165, 1.54) is 36.9 Å². The molecular weight excluding hydrogens is 338 g/mol. The van der Waals surface area contributed by atoms with Gasteiger partial charge in [-0.3, -0.25) is 4.98 Å². The van der Waals surface area contributed by atoms with Gasteiger partial charge in [0.15, 0.2) is 0 Å². The van der Waals surface area contributed by atoms with E-state index in [1.807, 2.05) is 17.3 Å². The largest absolute Gasteiger partial charge is 0.368 e. The van der Waals surface area contributed by atoms with E-state index in [1.54, 1.807) is 0 Å². The van der Waals surface area contributed by atoms with E-state index in [-0.39, 0.29) is 6.03 Å². The second-order valence-corrected chi connectivity index (χ2v) is 8.33. The van der Waals surface area contributed by atoms with Crippen LogP contribution < -0.4 is 10.2 Å². The number of piperazine rings is 1. The molecule has 4 rings (SSSR count). The fraction of sp³-hybridized carbons (Fsp3) is 0.714. The van der Waals surface area contributed by atoms with Gasteiger partial charge in [-0.05, 0) is 44.2 Å². The van der Waals surface area contributed by atoms with E-state index in [4.69, 9.17) is 0 Å². The zero-order chi connectivity index (χ0) is 18.6. The van der Waals surface area contributed by atoms with Gasteiger partial charge in [-0.25, -0.2) is 4.79 Å². The first-order chi connectivity index (χ1) is 13.2. The average molecular weight is 372 g/mol. The molecule has 1 N–H and O–H groups in total. The SMILES string of the molecule is Cc1cnccc1N1CCN(C(=O)NC2CCN(C3CCCC3)CC2)CC1. The van der Waals surface area contributed by atoms with Crippen LogP contribution in [0.5, 0.6) is 0 Å². The topological polar surface area (TPSA) is 51.7 Å². The van der Waals surface area contributed by atoms with Crippen LogP contribution >= 0.6 is 0 Å². The van der Waals surface area contributed by atoms with E-state index in [0.29, 0.717) is 6.04 Å². The molecule has 6 heteroatoms. The highest BCUT2D eigenvalue weighted by Crippen LogP contribution is 2.26. The summed E-state index contributed by atoms with van der Waals surface area (Å²) in [4.78, 5) is 23.9. The molecule has 2 aliphatic heterocycles. The highest BCUT2D eigenvalue weighted by Gasteiger charge is 2.29. The lowest BCUT2D eigenvalue weighted by molar-refractivity contribution is 0.139. The smallest absolute Gasteiger partial charge is 0.317 e. The van der Waals surface area contributed by atoms with E-state index in [0.717, 1.165) is 58.2 Å². The highest BCUT2D eigenvalue weighted by atomic mass is 16.2. The van der Waals surface area contributed by atoms with Crippen molar-refractivity contribution in [2.75, 3.05) is 44.2 Å². The van der Waals surface area contributed by atoms with Crippen LogP contribution in [0.1, 0.15) is 44.1 Å². The predicted molar refractivity (Wildman–Crippen MR) is 108 cm³/mol. The number of nitrogens with one attached hydrogen (secondary N) is 1. The molecule has 1 aromatic heterocycles. The Hall–Kier alpha value is -1.82. The first-order valence-electron chi connectivity index (χ1n) is 10.7. The molecule has 0 radical (unpaired) electrons. The van der Waals surface area contributed by atoms with Gasteiger partial charge in [0, 0.05) is 69.4 Å². The minimum Gasteiger partial charge on any atom is -0.368 e. The zero-order valence-electron chi connectivity index (χ0n) is 16.6. The Morgan fingerprint density at radius 1 is 1.04 bits per heavy atom. The van der Waals surface area contributed by atoms with Crippen molar-refractivity contribution in [2.45, 2.75) is 57.5 Å². The van der Waals surface area contributed by atoms with Crippen molar-refractivity contribution < 1.29 is 4.79 Å². The monoisotopic (exact) mass is 371 g/mol. The van der Waals surface area contributed by atoms with Crippen LogP contribution in [0.3, 0.4) is 0 Å². The van der Waals surface area contributed by atoms with Gasteiger partial charge in [-0.1, -0.05) is 12.8 Å². The summed E-state index contributed by atoms with van der Waals surface area (Å²) in [5.41, 5.74) is 2.44. The van der Waals surface area contributed by atoms with Crippen LogP contribution in [-0.2, 0) is 0 Å². The molecule has 2 amide bonds. The second-order valence-electron chi connectivity index (χ2n) is 8.33. The summed E-state index contributed by atoms with van der Waals surface area (Å²) in [6.07, 6.45) is 11.5. The number of aryl methyl sites for hydroxylation is 1. The first-order valence-corrected chi connectivity index (χ1v) is 10.7. The maximum atomic E-state index is 12.7. The molecule has 0 spiro atoms. The summed E-state index contributed by atoms with van der Waals surface area (Å²) >= 11 is 0. The highest BCUT2D eigenvalue weighted by molar-refractivity contribution is 5.75. The van der Waals surface area contributed by atoms with Crippen molar-refractivity contribution in [1.82, 2.24) is 20.1 Å². The molecule has 1 saturated carbocycles. The lowest BCUT2D eigenvalue weighted by atomic mass is 10.0. The number of amides is 2. The summed E-state index contributed by atoms with van der Waals surface area (Å²) in [6, 6.07) is 3.35. The molecule has 0 unspecified atom stereocenters. The van der Waals surface area contributed by atoms with Gasteiger partial charge in [0.05, 0.1) is 0 Å². The summed E-state index contributed by atoms with van der Waals surface area (Å²) in [5.74, 6) is 0. The Morgan fingerprint density at radius 2 is 1.74 bits per heavy atom. The number of urea groups is 1. The summed E-state index contributed by atoms with van der Waals surface area (Å²) < 4.78 is 0. The summed E-state index contributed by atoms with van der Waals surface area (Å²) in [7, 11) is 0. The number of carbonyl (C=O) groups excluding carboxylic acids is 1. The number of carbonyl (C=O) groups is 1. The Bertz CT molecular complexity index is 629. The summed E-state index contributed by atoms with van der Waals surface area (Å²) in [5, 5.41) is 3.30. The molecule has 3 aliphatic rings. The minimum absolute atomic E-state index is 0.125. The van der Waals surface area contributed by atoms with E-state index in [2.05, 4.69) is 33.1 Å². The van der Waals surface area contributed by atoms with Crippen molar-refractivity contribution in [1.29, 1.82) is 0 Å². The van der Waals surface area contributed by atoms with Crippen LogP contribution in [-0.4, -0.2) is 72.2 Å². The van der Waals surface area contributed by atoms with Crippen molar-refractivity contribution in [3.8, 4) is 0 Å².